The summed E-state index contributed by atoms with van der Waals surface area (Å²) < 4.78 is 2.07. The van der Waals surface area contributed by atoms with Gasteiger partial charge >= 0.3 is 0 Å². The number of anilines is 1. The smallest absolute Gasteiger partial charge is 0.174 e. The molecule has 154 valence electrons. The second kappa shape index (κ2) is 8.06. The summed E-state index contributed by atoms with van der Waals surface area (Å²) in [7, 11) is 0. The molecule has 4 aromatic rings. The second-order valence-electron chi connectivity index (χ2n) is 7.32. The van der Waals surface area contributed by atoms with Gasteiger partial charge in [-0.15, -0.1) is 0 Å². The van der Waals surface area contributed by atoms with Gasteiger partial charge in [-0.05, 0) is 66.3 Å². The predicted molar refractivity (Wildman–Crippen MR) is 127 cm³/mol. The number of benzene rings is 2. The first-order valence-electron chi connectivity index (χ1n) is 9.84. The Morgan fingerprint density at radius 1 is 1.00 bits per heavy atom. The minimum absolute atomic E-state index is 0.114. The van der Waals surface area contributed by atoms with E-state index in [4.69, 9.17) is 23.8 Å². The van der Waals surface area contributed by atoms with E-state index in [0.29, 0.717) is 15.8 Å². The molecule has 1 fully saturated rings. The fourth-order valence-corrected chi connectivity index (χ4v) is 4.50. The van der Waals surface area contributed by atoms with E-state index in [-0.39, 0.29) is 17.8 Å². The lowest BCUT2D eigenvalue weighted by molar-refractivity contribution is 0.473. The van der Waals surface area contributed by atoms with E-state index in [9.17, 15) is 5.11 Å². The molecule has 1 saturated heterocycles. The number of aromatic hydroxyl groups is 1. The van der Waals surface area contributed by atoms with Crippen LogP contribution in [0.4, 0.5) is 5.69 Å². The molecule has 1 aliphatic heterocycles. The normalized spacial score (nSPS) is 18.2. The van der Waals surface area contributed by atoms with Crippen molar-refractivity contribution in [3.8, 4) is 11.4 Å². The lowest BCUT2D eigenvalue weighted by Gasteiger charge is -2.28. The molecule has 5 nitrogen and oxygen atoms in total. The van der Waals surface area contributed by atoms with Gasteiger partial charge in [0.15, 0.2) is 5.11 Å². The maximum Gasteiger partial charge on any atom is 0.174 e. The van der Waals surface area contributed by atoms with Crippen molar-refractivity contribution in [2.45, 2.75) is 12.1 Å². The molecule has 7 heteroatoms. The number of phenolic OH excluding ortho intramolecular Hbond substituents is 1. The van der Waals surface area contributed by atoms with Crippen molar-refractivity contribution < 1.29 is 5.11 Å². The SMILES string of the molecule is Oc1ccc(Cl)cc1N1C(=S)N[C@@H](c2ccccn2)[C@@H]1c1ccn(-c2ccccc2)c1. The summed E-state index contributed by atoms with van der Waals surface area (Å²) in [5.74, 6) is 0.114. The molecule has 2 aromatic heterocycles. The van der Waals surface area contributed by atoms with E-state index >= 15 is 0 Å². The number of para-hydroxylation sites is 1. The van der Waals surface area contributed by atoms with Gasteiger partial charge in [0, 0.05) is 29.3 Å². The van der Waals surface area contributed by atoms with Gasteiger partial charge in [0.1, 0.15) is 5.75 Å². The van der Waals surface area contributed by atoms with Gasteiger partial charge in [-0.25, -0.2) is 0 Å². The Balaban J connectivity index is 1.63. The van der Waals surface area contributed by atoms with Gasteiger partial charge in [-0.2, -0.15) is 0 Å². The van der Waals surface area contributed by atoms with Gasteiger partial charge in [-0.1, -0.05) is 35.9 Å². The molecule has 0 spiro atoms. The van der Waals surface area contributed by atoms with Gasteiger partial charge < -0.3 is 19.9 Å². The molecule has 2 N–H and O–H groups in total. The molecule has 2 aromatic carbocycles. The second-order valence-corrected chi connectivity index (χ2v) is 8.14. The zero-order chi connectivity index (χ0) is 21.4. The van der Waals surface area contributed by atoms with E-state index in [1.807, 2.05) is 47.5 Å². The first-order valence-corrected chi connectivity index (χ1v) is 10.6. The van der Waals surface area contributed by atoms with Crippen LogP contribution in [0.5, 0.6) is 5.75 Å². The number of hydrogen-bond donors (Lipinski definition) is 2. The van der Waals surface area contributed by atoms with Crippen molar-refractivity contribution in [1.82, 2.24) is 14.9 Å². The highest BCUT2D eigenvalue weighted by atomic mass is 35.5. The molecule has 3 heterocycles. The molecule has 31 heavy (non-hydrogen) atoms. The molecule has 0 bridgehead atoms. The summed E-state index contributed by atoms with van der Waals surface area (Å²) >= 11 is 12.0. The number of pyridine rings is 1. The monoisotopic (exact) mass is 446 g/mol. The summed E-state index contributed by atoms with van der Waals surface area (Å²) in [4.78, 5) is 6.48. The third kappa shape index (κ3) is 3.65. The quantitative estimate of drug-likeness (QED) is 0.410. The fraction of sp³-hybridized carbons (Fsp3) is 0.0833. The standard InChI is InChI=1S/C24H19ClN4OS/c25-17-9-10-21(30)20(14-17)29-23(22(27-24(29)31)19-8-4-5-12-26-19)16-11-13-28(15-16)18-6-2-1-3-7-18/h1-15,22-23,30H,(H,27,31)/t22-,23-/m0/s1. The Morgan fingerprint density at radius 3 is 2.58 bits per heavy atom. The van der Waals surface area contributed by atoms with Crippen LogP contribution in [-0.4, -0.2) is 19.8 Å². The van der Waals surface area contributed by atoms with Gasteiger partial charge in [0.25, 0.3) is 0 Å². The van der Waals surface area contributed by atoms with Crippen LogP contribution < -0.4 is 10.2 Å². The molecule has 5 rings (SSSR count). The number of nitrogens with one attached hydrogen (secondary N) is 1. The van der Waals surface area contributed by atoms with Crippen molar-refractivity contribution in [3.63, 3.8) is 0 Å². The fourth-order valence-electron chi connectivity index (χ4n) is 3.99. The highest BCUT2D eigenvalue weighted by molar-refractivity contribution is 7.80. The Hall–Kier alpha value is -3.35. The lowest BCUT2D eigenvalue weighted by Crippen LogP contribution is -2.29. The molecular formula is C24H19ClN4OS. The first kappa shape index (κ1) is 19.6. The summed E-state index contributed by atoms with van der Waals surface area (Å²) in [5.41, 5.74) is 3.52. The van der Waals surface area contributed by atoms with Gasteiger partial charge in [0.2, 0.25) is 0 Å². The summed E-state index contributed by atoms with van der Waals surface area (Å²) in [6, 6.07) is 22.6. The molecule has 0 saturated carbocycles. The number of aromatic nitrogens is 2. The van der Waals surface area contributed by atoms with Crippen LogP contribution in [0.2, 0.25) is 5.02 Å². The van der Waals surface area contributed by atoms with Crippen LogP contribution in [-0.2, 0) is 0 Å². The Labute approximate surface area is 190 Å². The number of thiocarbonyl (C=S) groups is 1. The van der Waals surface area contributed by atoms with Crippen molar-refractivity contribution in [2.24, 2.45) is 0 Å². The van der Waals surface area contributed by atoms with Crippen LogP contribution in [0.25, 0.3) is 5.69 Å². The molecule has 0 aliphatic carbocycles. The highest BCUT2D eigenvalue weighted by Gasteiger charge is 2.42. The minimum Gasteiger partial charge on any atom is -0.506 e. The zero-order valence-electron chi connectivity index (χ0n) is 16.4. The Kier molecular flexibility index (Phi) is 5.10. The number of halogens is 1. The zero-order valence-corrected chi connectivity index (χ0v) is 18.0. The summed E-state index contributed by atoms with van der Waals surface area (Å²) in [5, 5.41) is 15.0. The largest absolute Gasteiger partial charge is 0.506 e. The van der Waals surface area contributed by atoms with Crippen molar-refractivity contribution >= 4 is 34.6 Å². The van der Waals surface area contributed by atoms with Gasteiger partial charge in [0.05, 0.1) is 23.5 Å². The molecule has 0 unspecified atom stereocenters. The Bertz CT molecular complexity index is 1230. The van der Waals surface area contributed by atoms with Crippen molar-refractivity contribution in [1.29, 1.82) is 0 Å². The van der Waals surface area contributed by atoms with Crippen LogP contribution in [0.15, 0.2) is 91.4 Å². The third-order valence-electron chi connectivity index (χ3n) is 5.41. The topological polar surface area (TPSA) is 53.3 Å². The van der Waals surface area contributed by atoms with E-state index in [0.717, 1.165) is 16.9 Å². The van der Waals surface area contributed by atoms with E-state index in [2.05, 4.69) is 39.3 Å². The molecule has 0 amide bonds. The van der Waals surface area contributed by atoms with E-state index < -0.39 is 0 Å². The number of phenols is 1. The lowest BCUT2D eigenvalue weighted by atomic mass is 9.98. The maximum atomic E-state index is 10.6. The summed E-state index contributed by atoms with van der Waals surface area (Å²) in [6.07, 6.45) is 5.88. The average molecular weight is 447 g/mol. The first-order chi connectivity index (χ1) is 15.1. The van der Waals surface area contributed by atoms with Crippen LogP contribution in [0.1, 0.15) is 23.3 Å². The maximum absolute atomic E-state index is 10.6. The van der Waals surface area contributed by atoms with Crippen molar-refractivity contribution in [3.05, 3.63) is 108 Å². The predicted octanol–water partition coefficient (Wildman–Crippen LogP) is 5.41. The number of nitrogens with zero attached hydrogens (tertiary/aromatic N) is 3. The van der Waals surface area contributed by atoms with Crippen LogP contribution >= 0.6 is 23.8 Å². The van der Waals surface area contributed by atoms with E-state index in [1.54, 1.807) is 24.4 Å². The Morgan fingerprint density at radius 2 is 1.81 bits per heavy atom. The van der Waals surface area contributed by atoms with Crippen molar-refractivity contribution in [2.75, 3.05) is 4.90 Å². The molecule has 2 atom stereocenters. The number of hydrogen-bond acceptors (Lipinski definition) is 3. The molecule has 1 aliphatic rings. The number of rotatable bonds is 4. The summed E-state index contributed by atoms with van der Waals surface area (Å²) in [6.45, 7) is 0. The van der Waals surface area contributed by atoms with E-state index in [1.165, 1.54) is 0 Å². The third-order valence-corrected chi connectivity index (χ3v) is 5.96. The average Bonchev–Trinajstić information content (AvgIpc) is 3.41. The van der Waals surface area contributed by atoms with Crippen LogP contribution in [0, 0.1) is 0 Å². The minimum atomic E-state index is -0.225. The van der Waals surface area contributed by atoms with Gasteiger partial charge in [-0.3, -0.25) is 4.98 Å². The highest BCUT2D eigenvalue weighted by Crippen LogP contribution is 2.45. The van der Waals surface area contributed by atoms with Crippen LogP contribution in [0.3, 0.4) is 0 Å². The molecular weight excluding hydrogens is 428 g/mol. The molecule has 0 radical (unpaired) electrons.